The van der Waals surface area contributed by atoms with Crippen molar-refractivity contribution in [1.82, 2.24) is 9.55 Å². The largest absolute Gasteiger partial charge is 0.393 e. The molecule has 2 rings (SSSR count). The topological polar surface area (TPSA) is 131 Å². The smallest absolute Gasteiger partial charge is 0.351 e. The molecule has 1 aromatic rings. The normalized spacial score (nSPS) is 32.8. The van der Waals surface area contributed by atoms with Gasteiger partial charge in [-0.15, -0.1) is 0 Å². The number of rotatable bonds is 3. The number of aromatic nitrogens is 2. The van der Waals surface area contributed by atoms with Crippen molar-refractivity contribution in [3.8, 4) is 0 Å². The summed E-state index contributed by atoms with van der Waals surface area (Å²) in [6, 6.07) is 0. The molecule has 21 heavy (non-hydrogen) atoms. The summed E-state index contributed by atoms with van der Waals surface area (Å²) in [4.78, 5) is 15.0. The van der Waals surface area contributed by atoms with Gasteiger partial charge in [0.05, 0.1) is 11.6 Å². The van der Waals surface area contributed by atoms with Crippen LogP contribution >= 0.6 is 11.6 Å². The molecule has 0 aliphatic carbocycles. The Morgan fingerprint density at radius 3 is 2.67 bits per heavy atom. The zero-order valence-corrected chi connectivity index (χ0v) is 11.1. The third-order valence-corrected chi connectivity index (χ3v) is 3.57. The van der Waals surface area contributed by atoms with Crippen molar-refractivity contribution in [2.75, 3.05) is 12.3 Å². The van der Waals surface area contributed by atoms with Crippen LogP contribution in [0.1, 0.15) is 6.23 Å². The van der Waals surface area contributed by atoms with Gasteiger partial charge in [-0.3, -0.25) is 4.57 Å². The second-order valence-electron chi connectivity index (χ2n) is 4.52. The van der Waals surface area contributed by atoms with Crippen LogP contribution in [0, 0.1) is 0 Å². The Morgan fingerprint density at radius 1 is 1.57 bits per heavy atom. The van der Waals surface area contributed by atoms with E-state index in [2.05, 4.69) is 4.98 Å². The van der Waals surface area contributed by atoms with Gasteiger partial charge in [-0.2, -0.15) is 4.98 Å². The molecule has 4 atom stereocenters. The molecule has 5 N–H and O–H groups in total. The highest BCUT2D eigenvalue weighted by molar-refractivity contribution is 6.32. The Kier molecular flexibility index (Phi) is 4.17. The first-order chi connectivity index (χ1) is 9.74. The quantitative estimate of drug-likeness (QED) is 0.544. The molecule has 0 amide bonds. The molecule has 1 aromatic heterocycles. The summed E-state index contributed by atoms with van der Waals surface area (Å²) in [7, 11) is 0. The summed E-state index contributed by atoms with van der Waals surface area (Å²) in [5.41, 5.74) is 1.58. The maximum atomic E-state index is 13.0. The molecule has 1 aliphatic heterocycles. The third-order valence-electron chi connectivity index (χ3n) is 3.28. The number of nitrogen functional groups attached to an aromatic ring is 1. The molecule has 0 spiro atoms. The number of nitrogens with two attached hydrogens (primary N) is 1. The molecule has 1 saturated heterocycles. The van der Waals surface area contributed by atoms with E-state index >= 15 is 0 Å². The molecule has 0 bridgehead atoms. The molecule has 0 aromatic carbocycles. The molecule has 1 fully saturated rings. The Labute approximate surface area is 121 Å². The van der Waals surface area contributed by atoms with Crippen molar-refractivity contribution in [3.05, 3.63) is 21.7 Å². The minimum Gasteiger partial charge on any atom is -0.393 e. The molecular formula is C10H12ClF2N3O5. The van der Waals surface area contributed by atoms with Crippen molar-refractivity contribution in [3.63, 3.8) is 0 Å². The van der Waals surface area contributed by atoms with Crippen molar-refractivity contribution in [1.29, 1.82) is 0 Å². The number of aliphatic hydroxyl groups is 3. The second kappa shape index (κ2) is 5.46. The lowest BCUT2D eigenvalue weighted by molar-refractivity contribution is -0.195. The third kappa shape index (κ3) is 2.38. The number of ether oxygens (including phenoxy) is 1. The summed E-state index contributed by atoms with van der Waals surface area (Å²) < 4.78 is 31.6. The first-order valence-electron chi connectivity index (χ1n) is 5.71. The highest BCUT2D eigenvalue weighted by Gasteiger charge is 2.60. The molecular weight excluding hydrogens is 316 g/mol. The van der Waals surface area contributed by atoms with Crippen LogP contribution < -0.4 is 11.4 Å². The minimum atomic E-state index is -3.30. The van der Waals surface area contributed by atoms with Gasteiger partial charge < -0.3 is 25.8 Å². The fraction of sp³-hybridized carbons (Fsp3) is 0.600. The van der Waals surface area contributed by atoms with Crippen LogP contribution in [0.2, 0.25) is 5.02 Å². The van der Waals surface area contributed by atoms with Gasteiger partial charge >= 0.3 is 5.69 Å². The molecule has 1 aliphatic rings. The van der Waals surface area contributed by atoms with Gasteiger partial charge in [0.15, 0.2) is 11.8 Å². The van der Waals surface area contributed by atoms with E-state index in [4.69, 9.17) is 27.2 Å². The number of hydrogen-bond acceptors (Lipinski definition) is 7. The lowest BCUT2D eigenvalue weighted by Crippen LogP contribution is -2.52. The standard InChI is InChI=1S/C10H12ClF2N3O5/c11-3-1-16(9(20)15-6(3)14)7-4(18)5(19)10(2-17,21-7)8(12)13/h1,4-5,7-8,17-19H,2H2,(H2,14,15,20)/t4-,5-,7+,10+/m0/s1. The van der Waals surface area contributed by atoms with E-state index in [0.29, 0.717) is 4.57 Å². The Bertz CT molecular complexity index is 601. The van der Waals surface area contributed by atoms with Gasteiger partial charge in [-0.1, -0.05) is 11.6 Å². The number of alkyl halides is 2. The molecule has 2 heterocycles. The summed E-state index contributed by atoms with van der Waals surface area (Å²) in [6.45, 7) is -1.26. The summed E-state index contributed by atoms with van der Waals surface area (Å²) in [5.74, 6) is -0.284. The van der Waals surface area contributed by atoms with Gasteiger partial charge in [0, 0.05) is 6.20 Å². The SMILES string of the molecule is Nc1nc(=O)n([C@@H]2O[C@@](CO)(C(F)F)[C@@H](O)[C@@H]2O)cc1Cl. The van der Waals surface area contributed by atoms with Gasteiger partial charge in [0.1, 0.15) is 18.0 Å². The first-order valence-corrected chi connectivity index (χ1v) is 6.09. The van der Waals surface area contributed by atoms with Crippen molar-refractivity contribution in [2.45, 2.75) is 30.5 Å². The van der Waals surface area contributed by atoms with E-state index in [1.807, 2.05) is 0 Å². The van der Waals surface area contributed by atoms with Crippen LogP contribution in [-0.2, 0) is 4.74 Å². The van der Waals surface area contributed by atoms with Gasteiger partial charge in [-0.25, -0.2) is 13.6 Å². The average Bonchev–Trinajstić information content (AvgIpc) is 2.68. The number of anilines is 1. The number of hydrogen-bond donors (Lipinski definition) is 4. The van der Waals surface area contributed by atoms with Crippen molar-refractivity contribution >= 4 is 17.4 Å². The zero-order chi connectivity index (χ0) is 15.9. The van der Waals surface area contributed by atoms with E-state index in [1.54, 1.807) is 0 Å². The lowest BCUT2D eigenvalue weighted by Gasteiger charge is -2.28. The van der Waals surface area contributed by atoms with Gasteiger partial charge in [0.25, 0.3) is 6.43 Å². The fourth-order valence-corrected chi connectivity index (χ4v) is 2.20. The van der Waals surface area contributed by atoms with Crippen molar-refractivity contribution in [2.24, 2.45) is 0 Å². The van der Waals surface area contributed by atoms with Crippen molar-refractivity contribution < 1.29 is 28.8 Å². The van der Waals surface area contributed by atoms with Crippen LogP contribution in [0.25, 0.3) is 0 Å². The minimum absolute atomic E-state index is 0.168. The van der Waals surface area contributed by atoms with Crippen LogP contribution in [0.5, 0.6) is 0 Å². The summed E-state index contributed by atoms with van der Waals surface area (Å²) in [6.07, 6.45) is -8.07. The molecule has 0 unspecified atom stereocenters. The molecule has 118 valence electrons. The Balaban J connectivity index is 2.47. The second-order valence-corrected chi connectivity index (χ2v) is 4.93. The highest BCUT2D eigenvalue weighted by atomic mass is 35.5. The van der Waals surface area contributed by atoms with Crippen LogP contribution in [-0.4, -0.2) is 55.7 Å². The lowest BCUT2D eigenvalue weighted by atomic mass is 9.96. The predicted octanol–water partition coefficient (Wildman–Crippen LogP) is -1.27. The van der Waals surface area contributed by atoms with Crippen LogP contribution in [0.15, 0.2) is 11.0 Å². The van der Waals surface area contributed by atoms with Crippen LogP contribution in [0.4, 0.5) is 14.6 Å². The average molecular weight is 328 g/mol. The monoisotopic (exact) mass is 327 g/mol. The van der Waals surface area contributed by atoms with E-state index < -0.39 is 42.8 Å². The zero-order valence-electron chi connectivity index (χ0n) is 10.4. The molecule has 0 saturated carbocycles. The van der Waals surface area contributed by atoms with Crippen LogP contribution in [0.3, 0.4) is 0 Å². The Hall–Kier alpha value is -1.33. The Morgan fingerprint density at radius 2 is 2.19 bits per heavy atom. The maximum Gasteiger partial charge on any atom is 0.351 e. The van der Waals surface area contributed by atoms with E-state index in [-0.39, 0.29) is 10.8 Å². The fourth-order valence-electron chi connectivity index (χ4n) is 2.05. The predicted molar refractivity (Wildman–Crippen MR) is 65.9 cm³/mol. The van der Waals surface area contributed by atoms with E-state index in [0.717, 1.165) is 6.20 Å². The number of nitrogens with zero attached hydrogens (tertiary/aromatic N) is 2. The molecule has 8 nitrogen and oxygen atoms in total. The maximum absolute atomic E-state index is 13.0. The number of aliphatic hydroxyl groups excluding tert-OH is 3. The highest BCUT2D eigenvalue weighted by Crippen LogP contribution is 2.40. The molecule has 11 heteroatoms. The summed E-state index contributed by atoms with van der Waals surface area (Å²) >= 11 is 5.67. The molecule has 0 radical (unpaired) electrons. The van der Waals surface area contributed by atoms with E-state index in [1.165, 1.54) is 0 Å². The first kappa shape index (κ1) is 16.0. The van der Waals surface area contributed by atoms with Gasteiger partial charge in [-0.05, 0) is 0 Å². The summed E-state index contributed by atoms with van der Waals surface area (Å²) in [5, 5.41) is 28.5. The van der Waals surface area contributed by atoms with E-state index in [9.17, 15) is 23.8 Å². The number of halogens is 3. The van der Waals surface area contributed by atoms with Gasteiger partial charge in [0.2, 0.25) is 0 Å².